The van der Waals surface area contributed by atoms with Crippen molar-refractivity contribution >= 4 is 11.6 Å². The van der Waals surface area contributed by atoms with Gasteiger partial charge in [0, 0.05) is 17.8 Å². The first-order valence-corrected chi connectivity index (χ1v) is 7.45. The van der Waals surface area contributed by atoms with Crippen molar-refractivity contribution in [1.82, 2.24) is 14.7 Å². The van der Waals surface area contributed by atoms with Crippen LogP contribution in [0.4, 0.5) is 0 Å². The van der Waals surface area contributed by atoms with Gasteiger partial charge in [0.15, 0.2) is 5.75 Å². The van der Waals surface area contributed by atoms with Gasteiger partial charge in [-0.15, -0.1) is 11.6 Å². The zero-order valence-electron chi connectivity index (χ0n) is 12.1. The van der Waals surface area contributed by atoms with Crippen LogP contribution in [0.25, 0.3) is 0 Å². The molecule has 2 atom stereocenters. The van der Waals surface area contributed by atoms with Gasteiger partial charge in [-0.25, -0.2) is 0 Å². The molecule has 0 aromatic carbocycles. The molecule has 1 aliphatic carbocycles. The molecule has 0 amide bonds. The van der Waals surface area contributed by atoms with Crippen molar-refractivity contribution in [3.63, 3.8) is 0 Å². The standard InChI is InChI=1S/C14H24ClN3O/c1-17(2)8-9-18-14(13(19-3)10-16-18)11-6-4-5-7-12(11)15/h10-12H,4-9H2,1-3H3. The number of methoxy groups -OCH3 is 1. The third-order valence-electron chi connectivity index (χ3n) is 3.86. The number of hydrogen-bond donors (Lipinski definition) is 0. The quantitative estimate of drug-likeness (QED) is 0.779. The van der Waals surface area contributed by atoms with Crippen LogP contribution in [0, 0.1) is 0 Å². The second-order valence-electron chi connectivity index (χ2n) is 5.53. The Morgan fingerprint density at radius 2 is 2.16 bits per heavy atom. The fourth-order valence-electron chi connectivity index (χ4n) is 2.78. The summed E-state index contributed by atoms with van der Waals surface area (Å²) in [5, 5.41) is 4.68. The Labute approximate surface area is 120 Å². The Balaban J connectivity index is 2.22. The molecule has 0 aliphatic heterocycles. The van der Waals surface area contributed by atoms with Gasteiger partial charge in [0.05, 0.1) is 25.5 Å². The van der Waals surface area contributed by atoms with Crippen molar-refractivity contribution in [3.8, 4) is 5.75 Å². The minimum absolute atomic E-state index is 0.206. The molecule has 0 spiro atoms. The summed E-state index contributed by atoms with van der Waals surface area (Å²) in [6, 6.07) is 0. The molecule has 1 aromatic rings. The van der Waals surface area contributed by atoms with Crippen LogP contribution in [-0.4, -0.2) is 47.8 Å². The van der Waals surface area contributed by atoms with E-state index in [1.165, 1.54) is 18.5 Å². The predicted octanol–water partition coefficient (Wildman–Crippen LogP) is 2.72. The van der Waals surface area contributed by atoms with Gasteiger partial charge in [0.25, 0.3) is 0 Å². The Morgan fingerprint density at radius 1 is 1.42 bits per heavy atom. The molecular formula is C14H24ClN3O. The van der Waals surface area contributed by atoms with Gasteiger partial charge in [-0.1, -0.05) is 12.8 Å². The first-order chi connectivity index (χ1) is 9.13. The summed E-state index contributed by atoms with van der Waals surface area (Å²) in [7, 11) is 5.86. The lowest BCUT2D eigenvalue weighted by molar-refractivity contribution is 0.347. The maximum atomic E-state index is 6.53. The summed E-state index contributed by atoms with van der Waals surface area (Å²) in [5.41, 5.74) is 1.18. The molecule has 2 unspecified atom stereocenters. The van der Waals surface area contributed by atoms with Crippen molar-refractivity contribution in [2.75, 3.05) is 27.7 Å². The summed E-state index contributed by atoms with van der Waals surface area (Å²) in [6.07, 6.45) is 6.53. The van der Waals surface area contributed by atoms with E-state index in [1.54, 1.807) is 7.11 Å². The smallest absolute Gasteiger partial charge is 0.160 e. The lowest BCUT2D eigenvalue weighted by atomic mass is 9.86. The molecule has 5 heteroatoms. The number of aromatic nitrogens is 2. The molecule has 4 nitrogen and oxygen atoms in total. The van der Waals surface area contributed by atoms with Crippen molar-refractivity contribution in [2.45, 2.75) is 43.5 Å². The average Bonchev–Trinajstić information content (AvgIpc) is 2.79. The molecule has 0 N–H and O–H groups in total. The number of rotatable bonds is 5. The highest BCUT2D eigenvalue weighted by atomic mass is 35.5. The van der Waals surface area contributed by atoms with Crippen molar-refractivity contribution in [3.05, 3.63) is 11.9 Å². The van der Waals surface area contributed by atoms with Crippen LogP contribution in [0.3, 0.4) is 0 Å². The Kier molecular flexibility index (Phi) is 5.11. The monoisotopic (exact) mass is 285 g/mol. The first-order valence-electron chi connectivity index (χ1n) is 7.02. The van der Waals surface area contributed by atoms with E-state index in [9.17, 15) is 0 Å². The summed E-state index contributed by atoms with van der Waals surface area (Å²) >= 11 is 6.53. The Morgan fingerprint density at radius 3 is 2.79 bits per heavy atom. The number of alkyl halides is 1. The zero-order valence-corrected chi connectivity index (χ0v) is 12.9. The van der Waals surface area contributed by atoms with Gasteiger partial charge >= 0.3 is 0 Å². The van der Waals surface area contributed by atoms with Crippen molar-refractivity contribution in [1.29, 1.82) is 0 Å². The van der Waals surface area contributed by atoms with Crippen molar-refractivity contribution < 1.29 is 4.74 Å². The molecule has 19 heavy (non-hydrogen) atoms. The minimum Gasteiger partial charge on any atom is -0.493 e. The lowest BCUT2D eigenvalue weighted by Crippen LogP contribution is -2.25. The van der Waals surface area contributed by atoms with Crippen LogP contribution in [0.15, 0.2) is 6.20 Å². The van der Waals surface area contributed by atoms with E-state index in [0.717, 1.165) is 31.7 Å². The molecule has 1 heterocycles. The van der Waals surface area contributed by atoms with E-state index in [4.69, 9.17) is 16.3 Å². The Bertz CT molecular complexity index is 405. The first kappa shape index (κ1) is 14.7. The van der Waals surface area contributed by atoms with Crippen LogP contribution in [0.1, 0.15) is 37.3 Å². The maximum absolute atomic E-state index is 6.53. The number of halogens is 1. The number of likely N-dealkylation sites (N-methyl/N-ethyl adjacent to an activating group) is 1. The van der Waals surface area contributed by atoms with Crippen molar-refractivity contribution in [2.24, 2.45) is 0 Å². The number of hydrogen-bond acceptors (Lipinski definition) is 3. The van der Waals surface area contributed by atoms with Gasteiger partial charge in [-0.05, 0) is 26.9 Å². The van der Waals surface area contributed by atoms with E-state index in [0.29, 0.717) is 5.92 Å². The van der Waals surface area contributed by atoms with Gasteiger partial charge in [-0.2, -0.15) is 5.10 Å². The molecule has 0 radical (unpaired) electrons. The van der Waals surface area contributed by atoms with Crippen LogP contribution < -0.4 is 4.74 Å². The summed E-state index contributed by atoms with van der Waals surface area (Å²) in [6.45, 7) is 1.85. The molecule has 1 fully saturated rings. The fraction of sp³-hybridized carbons (Fsp3) is 0.786. The van der Waals surface area contributed by atoms with E-state index < -0.39 is 0 Å². The van der Waals surface area contributed by atoms with Crippen LogP contribution in [-0.2, 0) is 6.54 Å². The SMILES string of the molecule is COc1cnn(CCN(C)C)c1C1CCCCC1Cl. The average molecular weight is 286 g/mol. The third kappa shape index (κ3) is 3.42. The zero-order chi connectivity index (χ0) is 13.8. The molecular weight excluding hydrogens is 262 g/mol. The topological polar surface area (TPSA) is 30.3 Å². The van der Waals surface area contributed by atoms with Gasteiger partial charge in [-0.3, -0.25) is 4.68 Å². The largest absolute Gasteiger partial charge is 0.493 e. The Hall–Kier alpha value is -0.740. The van der Waals surface area contributed by atoms with Gasteiger partial charge in [0.1, 0.15) is 0 Å². The molecule has 108 valence electrons. The maximum Gasteiger partial charge on any atom is 0.160 e. The summed E-state index contributed by atoms with van der Waals surface area (Å²) < 4.78 is 7.55. The predicted molar refractivity (Wildman–Crippen MR) is 78.2 cm³/mol. The molecule has 1 saturated carbocycles. The van der Waals surface area contributed by atoms with Crippen LogP contribution in [0.2, 0.25) is 0 Å². The van der Waals surface area contributed by atoms with Gasteiger partial charge in [0.2, 0.25) is 0 Å². The summed E-state index contributed by atoms with van der Waals surface area (Å²) in [4.78, 5) is 2.16. The fourth-order valence-corrected chi connectivity index (χ4v) is 3.18. The highest BCUT2D eigenvalue weighted by Crippen LogP contribution is 2.40. The van der Waals surface area contributed by atoms with E-state index in [2.05, 4.69) is 28.8 Å². The molecule has 2 rings (SSSR count). The molecule has 1 aromatic heterocycles. The molecule has 0 bridgehead atoms. The number of ether oxygens (including phenoxy) is 1. The molecule has 1 aliphatic rings. The second-order valence-corrected chi connectivity index (χ2v) is 6.09. The van der Waals surface area contributed by atoms with E-state index in [1.807, 2.05) is 6.20 Å². The normalized spacial score (nSPS) is 23.8. The number of nitrogens with zero attached hydrogens (tertiary/aromatic N) is 3. The third-order valence-corrected chi connectivity index (χ3v) is 4.38. The minimum atomic E-state index is 0.206. The van der Waals surface area contributed by atoms with Crippen LogP contribution >= 0.6 is 11.6 Å². The summed E-state index contributed by atoms with van der Waals surface area (Å²) in [5.74, 6) is 1.26. The lowest BCUT2D eigenvalue weighted by Gasteiger charge is -2.28. The van der Waals surface area contributed by atoms with E-state index in [-0.39, 0.29) is 5.38 Å². The molecule has 0 saturated heterocycles. The van der Waals surface area contributed by atoms with Gasteiger partial charge < -0.3 is 9.64 Å². The van der Waals surface area contributed by atoms with E-state index >= 15 is 0 Å². The highest BCUT2D eigenvalue weighted by molar-refractivity contribution is 6.21. The highest BCUT2D eigenvalue weighted by Gasteiger charge is 2.30. The van der Waals surface area contributed by atoms with Crippen LogP contribution in [0.5, 0.6) is 5.75 Å². The second kappa shape index (κ2) is 6.62.